The van der Waals surface area contributed by atoms with E-state index in [1.54, 1.807) is 17.8 Å². The molecule has 0 atom stereocenters. The minimum Gasteiger partial charge on any atom is -0.383 e. The molecule has 1 aliphatic rings. The van der Waals surface area contributed by atoms with E-state index in [0.29, 0.717) is 35.8 Å². The first-order valence-corrected chi connectivity index (χ1v) is 12.1. The number of likely N-dealkylation sites (N-methyl/N-ethyl adjacent to an activating group) is 1. The van der Waals surface area contributed by atoms with E-state index < -0.39 is 0 Å². The predicted molar refractivity (Wildman–Crippen MR) is 141 cm³/mol. The fourth-order valence-corrected chi connectivity index (χ4v) is 4.77. The van der Waals surface area contributed by atoms with Crippen molar-refractivity contribution in [2.45, 2.75) is 6.54 Å². The van der Waals surface area contributed by atoms with Gasteiger partial charge >= 0.3 is 0 Å². The molecule has 1 N–H and O–H groups in total. The first kappa shape index (κ1) is 22.4. The topological polar surface area (TPSA) is 92.8 Å². The highest BCUT2D eigenvalue weighted by Gasteiger charge is 2.17. The summed E-state index contributed by atoms with van der Waals surface area (Å²) in [5, 5.41) is 4.51. The number of aromatic nitrogens is 5. The molecular weight excluding hydrogens is 456 g/mol. The number of hydrogen-bond acceptors (Lipinski definition) is 8. The fourth-order valence-electron chi connectivity index (χ4n) is 4.77. The van der Waals surface area contributed by atoms with Gasteiger partial charge in [0.05, 0.1) is 18.7 Å². The summed E-state index contributed by atoms with van der Waals surface area (Å²) in [4.78, 5) is 32.0. The standard InChI is InChI=1S/C26H28N8O2/c1-31-11-13-32(14-12-31)19-9-7-18(8-10-19)28-26-27-17-21-23(30-26)29-24-20-5-3-4-6-22(20)33(15-16-36-2)34(24)25(21)35/h3-10,17H,11-16H2,1-2H3,(H,27,28,30). The third-order valence-corrected chi connectivity index (χ3v) is 6.77. The normalized spacial score (nSPS) is 14.8. The van der Waals surface area contributed by atoms with E-state index in [1.807, 2.05) is 41.1 Å². The zero-order chi connectivity index (χ0) is 24.6. The average Bonchev–Trinajstić information content (AvgIpc) is 3.22. The largest absolute Gasteiger partial charge is 0.383 e. The van der Waals surface area contributed by atoms with Gasteiger partial charge in [0.15, 0.2) is 11.3 Å². The van der Waals surface area contributed by atoms with Crippen molar-refractivity contribution in [3.8, 4) is 0 Å². The molecule has 0 unspecified atom stereocenters. The summed E-state index contributed by atoms with van der Waals surface area (Å²) in [6, 6.07) is 16.1. The number of ether oxygens (including phenoxy) is 1. The summed E-state index contributed by atoms with van der Waals surface area (Å²) < 4.78 is 8.76. The molecule has 3 aromatic heterocycles. The Hall–Kier alpha value is -4.02. The van der Waals surface area contributed by atoms with Crippen LogP contribution in [-0.2, 0) is 11.3 Å². The van der Waals surface area contributed by atoms with Crippen LogP contribution in [0.25, 0.3) is 27.6 Å². The van der Waals surface area contributed by atoms with Crippen LogP contribution in [0, 0.1) is 0 Å². The van der Waals surface area contributed by atoms with Gasteiger partial charge in [0.25, 0.3) is 5.56 Å². The minimum absolute atomic E-state index is 0.203. The van der Waals surface area contributed by atoms with E-state index in [0.717, 1.165) is 42.8 Å². The van der Waals surface area contributed by atoms with E-state index in [2.05, 4.69) is 44.3 Å². The van der Waals surface area contributed by atoms with Crippen LogP contribution in [0.5, 0.6) is 0 Å². The monoisotopic (exact) mass is 484 g/mol. The zero-order valence-electron chi connectivity index (χ0n) is 20.4. The Labute approximate surface area is 207 Å². The fraction of sp³-hybridized carbons (Fsp3) is 0.308. The van der Waals surface area contributed by atoms with Crippen molar-refractivity contribution >= 4 is 44.9 Å². The molecule has 1 saturated heterocycles. The molecule has 0 saturated carbocycles. The number of hydrogen-bond donors (Lipinski definition) is 1. The van der Waals surface area contributed by atoms with Gasteiger partial charge in [0, 0.05) is 56.2 Å². The van der Waals surface area contributed by atoms with Crippen molar-refractivity contribution in [2.75, 3.05) is 57.2 Å². The van der Waals surface area contributed by atoms with Crippen LogP contribution in [0.3, 0.4) is 0 Å². The second kappa shape index (κ2) is 9.21. The van der Waals surface area contributed by atoms with Gasteiger partial charge in [0.1, 0.15) is 5.39 Å². The Kier molecular flexibility index (Phi) is 5.74. The second-order valence-corrected chi connectivity index (χ2v) is 9.08. The van der Waals surface area contributed by atoms with Crippen molar-refractivity contribution in [2.24, 2.45) is 0 Å². The molecule has 4 heterocycles. The smallest absolute Gasteiger partial charge is 0.283 e. The molecule has 2 aromatic carbocycles. The highest BCUT2D eigenvalue weighted by atomic mass is 16.5. The summed E-state index contributed by atoms with van der Waals surface area (Å²) in [5.74, 6) is 0.397. The van der Waals surface area contributed by atoms with Gasteiger partial charge in [-0.3, -0.25) is 9.48 Å². The average molecular weight is 485 g/mol. The van der Waals surface area contributed by atoms with E-state index in [9.17, 15) is 4.79 Å². The SMILES string of the molecule is COCCn1c2ccccc2c2nc3nc(Nc4ccc(N5CCN(C)CC5)cc4)ncc3c(=O)n21. The van der Waals surface area contributed by atoms with Crippen molar-refractivity contribution in [1.82, 2.24) is 29.0 Å². The molecule has 10 nitrogen and oxygen atoms in total. The van der Waals surface area contributed by atoms with Gasteiger partial charge in [0.2, 0.25) is 5.95 Å². The molecule has 10 heteroatoms. The lowest BCUT2D eigenvalue weighted by Gasteiger charge is -2.34. The molecule has 36 heavy (non-hydrogen) atoms. The molecule has 5 aromatic rings. The Bertz CT molecular complexity index is 1600. The van der Waals surface area contributed by atoms with Gasteiger partial charge in [-0.25, -0.2) is 9.97 Å². The highest BCUT2D eigenvalue weighted by Crippen LogP contribution is 2.23. The van der Waals surface area contributed by atoms with Gasteiger partial charge in [-0.2, -0.15) is 9.50 Å². The lowest BCUT2D eigenvalue weighted by atomic mass is 10.2. The number of methoxy groups -OCH3 is 1. The maximum absolute atomic E-state index is 13.5. The molecule has 0 spiro atoms. The van der Waals surface area contributed by atoms with Crippen LogP contribution in [0.15, 0.2) is 59.5 Å². The molecule has 6 rings (SSSR count). The summed E-state index contributed by atoms with van der Waals surface area (Å²) in [5.41, 5.74) is 3.73. The van der Waals surface area contributed by atoms with E-state index in [-0.39, 0.29) is 5.56 Å². The number of para-hydroxylation sites is 1. The number of fused-ring (bicyclic) bond motifs is 4. The summed E-state index contributed by atoms with van der Waals surface area (Å²) in [6.45, 7) is 5.18. The van der Waals surface area contributed by atoms with E-state index in [4.69, 9.17) is 9.72 Å². The number of nitrogens with zero attached hydrogens (tertiary/aromatic N) is 7. The van der Waals surface area contributed by atoms with Crippen LogP contribution in [-0.4, -0.2) is 76.0 Å². The van der Waals surface area contributed by atoms with Crippen LogP contribution in [0.4, 0.5) is 17.3 Å². The predicted octanol–water partition coefficient (Wildman–Crippen LogP) is 2.73. The van der Waals surface area contributed by atoms with Gasteiger partial charge < -0.3 is 19.9 Å². The maximum Gasteiger partial charge on any atom is 0.283 e. The van der Waals surface area contributed by atoms with Crippen LogP contribution in [0.2, 0.25) is 0 Å². The van der Waals surface area contributed by atoms with E-state index in [1.165, 1.54) is 5.69 Å². The Morgan fingerprint density at radius 3 is 2.53 bits per heavy atom. The number of piperazine rings is 1. The molecule has 0 bridgehead atoms. The Balaban J connectivity index is 1.34. The summed E-state index contributed by atoms with van der Waals surface area (Å²) >= 11 is 0. The molecule has 1 fully saturated rings. The quantitative estimate of drug-likeness (QED) is 0.393. The van der Waals surface area contributed by atoms with Crippen molar-refractivity contribution in [3.63, 3.8) is 0 Å². The van der Waals surface area contributed by atoms with Crippen molar-refractivity contribution in [1.29, 1.82) is 0 Å². The third-order valence-electron chi connectivity index (χ3n) is 6.77. The highest BCUT2D eigenvalue weighted by molar-refractivity contribution is 5.94. The van der Waals surface area contributed by atoms with Crippen LogP contribution in [0.1, 0.15) is 0 Å². The number of benzene rings is 2. The number of anilines is 3. The third kappa shape index (κ3) is 3.94. The number of nitrogens with one attached hydrogen (secondary N) is 1. The van der Waals surface area contributed by atoms with Crippen LogP contribution < -0.4 is 15.8 Å². The molecule has 0 amide bonds. The summed E-state index contributed by atoms with van der Waals surface area (Å²) in [7, 11) is 3.80. The van der Waals surface area contributed by atoms with Gasteiger partial charge in [-0.15, -0.1) is 0 Å². The lowest BCUT2D eigenvalue weighted by Crippen LogP contribution is -2.44. The van der Waals surface area contributed by atoms with Gasteiger partial charge in [-0.05, 0) is 43.4 Å². The first-order chi connectivity index (χ1) is 17.6. The van der Waals surface area contributed by atoms with E-state index >= 15 is 0 Å². The first-order valence-electron chi connectivity index (χ1n) is 12.1. The maximum atomic E-state index is 13.5. The molecule has 0 aliphatic carbocycles. The summed E-state index contributed by atoms with van der Waals surface area (Å²) in [6.07, 6.45) is 1.55. The molecule has 184 valence electrons. The second-order valence-electron chi connectivity index (χ2n) is 9.08. The number of rotatable bonds is 6. The Morgan fingerprint density at radius 2 is 1.75 bits per heavy atom. The Morgan fingerprint density at radius 1 is 0.972 bits per heavy atom. The minimum atomic E-state index is -0.203. The van der Waals surface area contributed by atoms with Gasteiger partial charge in [-0.1, -0.05) is 12.1 Å². The molecule has 0 radical (unpaired) electrons. The van der Waals surface area contributed by atoms with Crippen molar-refractivity contribution < 1.29 is 4.74 Å². The van der Waals surface area contributed by atoms with Crippen molar-refractivity contribution in [3.05, 3.63) is 65.1 Å². The molecule has 1 aliphatic heterocycles. The molecular formula is C26H28N8O2. The lowest BCUT2D eigenvalue weighted by molar-refractivity contribution is 0.183. The zero-order valence-corrected chi connectivity index (χ0v) is 20.4. The van der Waals surface area contributed by atoms with Crippen LogP contribution >= 0.6 is 0 Å².